The summed E-state index contributed by atoms with van der Waals surface area (Å²) < 4.78 is 40.7. The number of hydrogen-bond acceptors (Lipinski definition) is 3. The molecule has 1 aromatic rings. The number of hydrogen-bond donors (Lipinski definition) is 0. The van der Waals surface area contributed by atoms with E-state index in [1.165, 1.54) is 6.07 Å². The van der Waals surface area contributed by atoms with E-state index in [-0.39, 0.29) is 11.8 Å². The van der Waals surface area contributed by atoms with Crippen molar-refractivity contribution in [3.05, 3.63) is 16.5 Å². The van der Waals surface area contributed by atoms with Gasteiger partial charge in [-0.1, -0.05) is 13.8 Å². The molecule has 0 atom stereocenters. The van der Waals surface area contributed by atoms with Crippen LogP contribution in [0.3, 0.4) is 0 Å². The van der Waals surface area contributed by atoms with E-state index in [4.69, 9.17) is 0 Å². The minimum absolute atomic E-state index is 0.0192. The monoisotopic (exact) mass is 298 g/mol. The van der Waals surface area contributed by atoms with Crippen LogP contribution in [0, 0.1) is 0 Å². The highest BCUT2D eigenvalue weighted by molar-refractivity contribution is 9.10. The Morgan fingerprint density at radius 3 is 2.50 bits per heavy atom. The lowest BCUT2D eigenvalue weighted by Crippen LogP contribution is -2.20. The fourth-order valence-corrected chi connectivity index (χ4v) is 1.28. The lowest BCUT2D eigenvalue weighted by Gasteiger charge is -2.10. The predicted molar refractivity (Wildman–Crippen MR) is 55.4 cm³/mol. The summed E-state index contributed by atoms with van der Waals surface area (Å²) in [6.07, 6.45) is -4.37. The normalized spacial score (nSPS) is 11.9. The van der Waals surface area contributed by atoms with Crippen LogP contribution in [0.1, 0.15) is 25.6 Å². The molecule has 90 valence electrons. The molecule has 1 aromatic heterocycles. The fraction of sp³-hybridized carbons (Fsp3) is 0.556. The molecule has 7 heteroatoms. The molecule has 1 rings (SSSR count). The summed E-state index contributed by atoms with van der Waals surface area (Å²) in [4.78, 5) is 7.89. The summed E-state index contributed by atoms with van der Waals surface area (Å²) in [6.45, 7) is 2.33. The lowest BCUT2D eigenvalue weighted by atomic mass is 10.2. The quantitative estimate of drug-likeness (QED) is 0.803. The van der Waals surface area contributed by atoms with Gasteiger partial charge in [-0.15, -0.1) is 0 Å². The minimum Gasteiger partial charge on any atom is -0.468 e. The van der Waals surface area contributed by atoms with Gasteiger partial charge in [0.2, 0.25) is 5.88 Å². The van der Waals surface area contributed by atoms with Gasteiger partial charge in [-0.3, -0.25) is 0 Å². The third kappa shape index (κ3) is 4.34. The average Bonchev–Trinajstić information content (AvgIpc) is 2.13. The molecule has 0 aliphatic carbocycles. The van der Waals surface area contributed by atoms with Crippen molar-refractivity contribution in [1.29, 1.82) is 0 Å². The van der Waals surface area contributed by atoms with E-state index >= 15 is 0 Å². The average molecular weight is 299 g/mol. The van der Waals surface area contributed by atoms with Gasteiger partial charge >= 0.3 is 6.18 Å². The summed E-state index contributed by atoms with van der Waals surface area (Å²) in [7, 11) is 0. The Morgan fingerprint density at radius 1 is 1.38 bits per heavy atom. The molecule has 1 heterocycles. The van der Waals surface area contributed by atoms with Crippen molar-refractivity contribution in [2.75, 3.05) is 6.61 Å². The highest BCUT2D eigenvalue weighted by atomic mass is 79.9. The summed E-state index contributed by atoms with van der Waals surface area (Å²) in [6, 6.07) is 1.30. The van der Waals surface area contributed by atoms with E-state index in [1.54, 1.807) is 0 Å². The van der Waals surface area contributed by atoms with Gasteiger partial charge < -0.3 is 4.74 Å². The Labute approximate surface area is 99.2 Å². The first kappa shape index (κ1) is 13.2. The lowest BCUT2D eigenvalue weighted by molar-refractivity contribution is -0.154. The van der Waals surface area contributed by atoms with E-state index in [2.05, 4.69) is 30.6 Å². The van der Waals surface area contributed by atoms with Crippen molar-refractivity contribution < 1.29 is 17.9 Å². The topological polar surface area (TPSA) is 35.0 Å². The Balaban J connectivity index is 2.81. The molecule has 0 aromatic carbocycles. The van der Waals surface area contributed by atoms with Crippen LogP contribution in [-0.2, 0) is 0 Å². The van der Waals surface area contributed by atoms with Crippen LogP contribution in [0.5, 0.6) is 5.88 Å². The Hall–Kier alpha value is -0.850. The number of rotatable bonds is 3. The van der Waals surface area contributed by atoms with Gasteiger partial charge in [-0.2, -0.15) is 18.2 Å². The summed E-state index contributed by atoms with van der Waals surface area (Å²) in [5.41, 5.74) is 0. The maximum Gasteiger partial charge on any atom is 0.422 e. The maximum absolute atomic E-state index is 11.9. The zero-order valence-electron chi connectivity index (χ0n) is 8.68. The Kier molecular flexibility index (Phi) is 4.12. The van der Waals surface area contributed by atoms with Gasteiger partial charge in [-0.05, 0) is 15.9 Å². The molecular weight excluding hydrogens is 289 g/mol. The van der Waals surface area contributed by atoms with Crippen molar-refractivity contribution >= 4 is 15.9 Å². The molecule has 0 amide bonds. The smallest absolute Gasteiger partial charge is 0.422 e. The second-order valence-corrected chi connectivity index (χ2v) is 4.26. The second-order valence-electron chi connectivity index (χ2n) is 3.45. The molecule has 0 bridgehead atoms. The molecule has 3 nitrogen and oxygen atoms in total. The predicted octanol–water partition coefficient (Wildman–Crippen LogP) is 3.30. The fourth-order valence-electron chi connectivity index (χ4n) is 0.902. The molecule has 0 saturated carbocycles. The molecule has 0 fully saturated rings. The van der Waals surface area contributed by atoms with Crippen LogP contribution < -0.4 is 4.74 Å². The SMILES string of the molecule is CC(C)c1nc(Br)cc(OCC(F)(F)F)n1. The van der Waals surface area contributed by atoms with Crippen molar-refractivity contribution in [3.8, 4) is 5.88 Å². The van der Waals surface area contributed by atoms with E-state index < -0.39 is 12.8 Å². The van der Waals surface area contributed by atoms with Crippen LogP contribution >= 0.6 is 15.9 Å². The molecule has 16 heavy (non-hydrogen) atoms. The zero-order valence-corrected chi connectivity index (χ0v) is 10.3. The highest BCUT2D eigenvalue weighted by Crippen LogP contribution is 2.21. The second kappa shape index (κ2) is 4.99. The molecular formula is C9H10BrF3N2O. The Bertz CT molecular complexity index is 368. The van der Waals surface area contributed by atoms with Gasteiger partial charge in [0.1, 0.15) is 10.4 Å². The number of nitrogens with zero attached hydrogens (tertiary/aromatic N) is 2. The maximum atomic E-state index is 11.9. The van der Waals surface area contributed by atoms with E-state index in [9.17, 15) is 13.2 Å². The molecule has 0 aliphatic rings. The van der Waals surface area contributed by atoms with Crippen molar-refractivity contribution in [2.24, 2.45) is 0 Å². The first-order chi connectivity index (χ1) is 7.28. The first-order valence-corrected chi connectivity index (χ1v) is 5.31. The number of ether oxygens (including phenoxy) is 1. The van der Waals surface area contributed by atoms with Gasteiger partial charge in [-0.25, -0.2) is 4.98 Å². The largest absolute Gasteiger partial charge is 0.468 e. The molecule has 0 radical (unpaired) electrons. The highest BCUT2D eigenvalue weighted by Gasteiger charge is 2.28. The van der Waals surface area contributed by atoms with Gasteiger partial charge in [0.05, 0.1) is 0 Å². The van der Waals surface area contributed by atoms with Crippen molar-refractivity contribution in [3.63, 3.8) is 0 Å². The van der Waals surface area contributed by atoms with Crippen molar-refractivity contribution in [1.82, 2.24) is 9.97 Å². The molecule has 0 spiro atoms. The standard InChI is InChI=1S/C9H10BrF3N2O/c1-5(2)8-14-6(10)3-7(15-8)16-4-9(11,12)13/h3,5H,4H2,1-2H3. The molecule has 0 aliphatic heterocycles. The summed E-state index contributed by atoms with van der Waals surface area (Å²) >= 11 is 3.09. The van der Waals surface area contributed by atoms with Crippen molar-refractivity contribution in [2.45, 2.75) is 25.9 Å². The minimum atomic E-state index is -4.37. The van der Waals surface area contributed by atoms with Crippen LogP contribution in [-0.4, -0.2) is 22.8 Å². The zero-order chi connectivity index (χ0) is 12.3. The van der Waals surface area contributed by atoms with Gasteiger partial charge in [0.15, 0.2) is 6.61 Å². The summed E-state index contributed by atoms with van der Waals surface area (Å²) in [5, 5.41) is 0. The first-order valence-electron chi connectivity index (χ1n) is 4.52. The third-order valence-electron chi connectivity index (χ3n) is 1.59. The molecule has 0 N–H and O–H groups in total. The van der Waals surface area contributed by atoms with E-state index in [0.717, 1.165) is 0 Å². The number of aromatic nitrogens is 2. The van der Waals surface area contributed by atoms with E-state index in [0.29, 0.717) is 10.4 Å². The number of halogens is 4. The molecule has 0 unspecified atom stereocenters. The summed E-state index contributed by atoms with van der Waals surface area (Å²) in [5.74, 6) is 0.375. The van der Waals surface area contributed by atoms with Crippen LogP contribution in [0.2, 0.25) is 0 Å². The van der Waals surface area contributed by atoms with Crippen LogP contribution in [0.4, 0.5) is 13.2 Å². The third-order valence-corrected chi connectivity index (χ3v) is 2.00. The molecule has 0 saturated heterocycles. The van der Waals surface area contributed by atoms with Gasteiger partial charge in [0.25, 0.3) is 0 Å². The van der Waals surface area contributed by atoms with Crippen LogP contribution in [0.15, 0.2) is 10.7 Å². The Morgan fingerprint density at radius 2 is 2.00 bits per heavy atom. The van der Waals surface area contributed by atoms with E-state index in [1.807, 2.05) is 13.8 Å². The number of alkyl halides is 3. The van der Waals surface area contributed by atoms with Gasteiger partial charge in [0, 0.05) is 12.0 Å². The van der Waals surface area contributed by atoms with Crippen LogP contribution in [0.25, 0.3) is 0 Å².